The number of aldehydes is 1. The largest absolute Gasteiger partial charge is 0.493 e. The van der Waals surface area contributed by atoms with Gasteiger partial charge in [-0.3, -0.25) is 0 Å². The molecular weight excluding hydrogens is 216 g/mol. The molecule has 0 amide bonds. The molecule has 0 spiro atoms. The zero-order valence-corrected chi connectivity index (χ0v) is 10.7. The van der Waals surface area contributed by atoms with Crippen molar-refractivity contribution in [1.29, 1.82) is 0 Å². The van der Waals surface area contributed by atoms with Gasteiger partial charge in [0.2, 0.25) is 0 Å². The number of hydrogen-bond acceptors (Lipinski definition) is 3. The Balaban J connectivity index is 2.61. The molecule has 92 valence electrons. The Hall–Kier alpha value is -1.51. The first-order valence-corrected chi connectivity index (χ1v) is 5.75. The van der Waals surface area contributed by atoms with Crippen LogP contribution >= 0.6 is 0 Å². The highest BCUT2D eigenvalue weighted by Gasteiger charge is 2.37. The summed E-state index contributed by atoms with van der Waals surface area (Å²) in [5, 5.41) is 0. The van der Waals surface area contributed by atoms with Crippen LogP contribution in [0.4, 0.5) is 0 Å². The molecule has 1 aromatic carbocycles. The molecule has 1 atom stereocenters. The van der Waals surface area contributed by atoms with Crippen LogP contribution in [-0.2, 0) is 10.2 Å². The maximum Gasteiger partial charge on any atom is 0.161 e. The quantitative estimate of drug-likeness (QED) is 0.754. The lowest BCUT2D eigenvalue weighted by molar-refractivity contribution is -0.109. The molecule has 0 saturated carbocycles. The van der Waals surface area contributed by atoms with Crippen LogP contribution in [0.5, 0.6) is 11.5 Å². The van der Waals surface area contributed by atoms with Gasteiger partial charge in [-0.05, 0) is 35.1 Å². The Labute approximate surface area is 102 Å². The van der Waals surface area contributed by atoms with Crippen molar-refractivity contribution in [3.05, 3.63) is 23.3 Å². The molecule has 3 heteroatoms. The molecule has 1 aliphatic rings. The molecule has 0 saturated heterocycles. The average molecular weight is 234 g/mol. The van der Waals surface area contributed by atoms with Crippen molar-refractivity contribution in [2.75, 3.05) is 14.2 Å². The number of rotatable bonds is 3. The Morgan fingerprint density at radius 3 is 2.35 bits per heavy atom. The molecule has 0 N–H and O–H groups in total. The van der Waals surface area contributed by atoms with Crippen LogP contribution in [0.1, 0.15) is 37.3 Å². The Morgan fingerprint density at radius 2 is 1.82 bits per heavy atom. The average Bonchev–Trinajstić information content (AvgIpc) is 2.58. The number of ether oxygens (including phenoxy) is 2. The number of benzene rings is 1. The summed E-state index contributed by atoms with van der Waals surface area (Å²) in [6.07, 6.45) is 1.88. The summed E-state index contributed by atoms with van der Waals surface area (Å²) in [4.78, 5) is 11.1. The maximum atomic E-state index is 11.1. The van der Waals surface area contributed by atoms with Gasteiger partial charge in [0.15, 0.2) is 11.5 Å². The lowest BCUT2D eigenvalue weighted by Gasteiger charge is -2.20. The summed E-state index contributed by atoms with van der Waals surface area (Å²) in [5.74, 6) is 1.39. The van der Waals surface area contributed by atoms with E-state index in [0.717, 1.165) is 24.0 Å². The van der Waals surface area contributed by atoms with Crippen LogP contribution in [0.15, 0.2) is 12.1 Å². The fourth-order valence-electron chi connectivity index (χ4n) is 2.68. The van der Waals surface area contributed by atoms with Crippen LogP contribution < -0.4 is 9.47 Å². The summed E-state index contributed by atoms with van der Waals surface area (Å²) in [6.45, 7) is 4.31. The molecule has 17 heavy (non-hydrogen) atoms. The van der Waals surface area contributed by atoms with E-state index >= 15 is 0 Å². The molecule has 0 aromatic heterocycles. The van der Waals surface area contributed by atoms with E-state index in [9.17, 15) is 4.79 Å². The first-order valence-electron chi connectivity index (χ1n) is 5.75. The fourth-order valence-corrected chi connectivity index (χ4v) is 2.68. The summed E-state index contributed by atoms with van der Waals surface area (Å²) in [7, 11) is 3.24. The van der Waals surface area contributed by atoms with Crippen molar-refractivity contribution in [2.45, 2.75) is 31.6 Å². The van der Waals surface area contributed by atoms with E-state index < -0.39 is 0 Å². The fraction of sp³-hybridized carbons (Fsp3) is 0.500. The third kappa shape index (κ3) is 1.79. The Morgan fingerprint density at radius 1 is 1.24 bits per heavy atom. The van der Waals surface area contributed by atoms with Crippen LogP contribution in [0.25, 0.3) is 0 Å². The first-order chi connectivity index (χ1) is 8.03. The highest BCUT2D eigenvalue weighted by atomic mass is 16.5. The van der Waals surface area contributed by atoms with E-state index in [2.05, 4.69) is 13.8 Å². The summed E-state index contributed by atoms with van der Waals surface area (Å²) < 4.78 is 10.6. The summed E-state index contributed by atoms with van der Waals surface area (Å²) >= 11 is 0. The summed E-state index contributed by atoms with van der Waals surface area (Å²) in [5.41, 5.74) is 2.27. The monoisotopic (exact) mass is 234 g/mol. The van der Waals surface area contributed by atoms with E-state index in [-0.39, 0.29) is 11.3 Å². The number of carbonyl (C=O) groups excluding carboxylic acids is 1. The van der Waals surface area contributed by atoms with Crippen molar-refractivity contribution in [1.82, 2.24) is 0 Å². The molecule has 0 fully saturated rings. The molecular formula is C14H18O3. The van der Waals surface area contributed by atoms with Gasteiger partial charge >= 0.3 is 0 Å². The van der Waals surface area contributed by atoms with Crippen LogP contribution in [0.2, 0.25) is 0 Å². The molecule has 0 radical (unpaired) electrons. The predicted molar refractivity (Wildman–Crippen MR) is 66.0 cm³/mol. The molecule has 0 heterocycles. The summed E-state index contributed by atoms with van der Waals surface area (Å²) in [6, 6.07) is 3.93. The molecule has 3 nitrogen and oxygen atoms in total. The molecule has 0 aliphatic heterocycles. The minimum Gasteiger partial charge on any atom is -0.493 e. The molecule has 1 aliphatic carbocycles. The van der Waals surface area contributed by atoms with Gasteiger partial charge in [-0.15, -0.1) is 0 Å². The van der Waals surface area contributed by atoms with Gasteiger partial charge in [0.1, 0.15) is 6.29 Å². The van der Waals surface area contributed by atoms with Crippen LogP contribution in [-0.4, -0.2) is 20.5 Å². The van der Waals surface area contributed by atoms with Gasteiger partial charge in [-0.25, -0.2) is 0 Å². The van der Waals surface area contributed by atoms with Crippen molar-refractivity contribution in [3.8, 4) is 11.5 Å². The van der Waals surface area contributed by atoms with Gasteiger partial charge in [0.25, 0.3) is 0 Å². The van der Waals surface area contributed by atoms with E-state index in [0.29, 0.717) is 5.75 Å². The minimum absolute atomic E-state index is 0.0143. The molecule has 0 bridgehead atoms. The maximum absolute atomic E-state index is 11.1. The van der Waals surface area contributed by atoms with Crippen molar-refractivity contribution in [3.63, 3.8) is 0 Å². The Kier molecular flexibility index (Phi) is 2.86. The zero-order valence-electron chi connectivity index (χ0n) is 10.7. The predicted octanol–water partition coefficient (Wildman–Crippen LogP) is 2.67. The molecule has 1 unspecified atom stereocenters. The van der Waals surface area contributed by atoms with Crippen molar-refractivity contribution in [2.24, 2.45) is 0 Å². The van der Waals surface area contributed by atoms with Crippen molar-refractivity contribution >= 4 is 6.29 Å². The number of hydrogen-bond donors (Lipinski definition) is 0. The van der Waals surface area contributed by atoms with E-state index in [4.69, 9.17) is 9.47 Å². The number of fused-ring (bicyclic) bond motifs is 1. The van der Waals surface area contributed by atoms with Gasteiger partial charge < -0.3 is 14.3 Å². The second-order valence-electron chi connectivity index (χ2n) is 5.13. The SMILES string of the molecule is COc1cc2c(cc1OC)C(C)(C)CC2C=O. The van der Waals surface area contributed by atoms with E-state index in [1.165, 1.54) is 5.56 Å². The van der Waals surface area contributed by atoms with Gasteiger partial charge in [-0.2, -0.15) is 0 Å². The van der Waals surface area contributed by atoms with Gasteiger partial charge in [0, 0.05) is 5.92 Å². The Bertz CT molecular complexity index is 449. The smallest absolute Gasteiger partial charge is 0.161 e. The standard InChI is InChI=1S/C14H18O3/c1-14(2)7-9(8-15)10-5-12(16-3)13(17-4)6-11(10)14/h5-6,8-9H,7H2,1-4H3. The zero-order chi connectivity index (χ0) is 12.6. The highest BCUT2D eigenvalue weighted by molar-refractivity contribution is 5.69. The topological polar surface area (TPSA) is 35.5 Å². The lowest BCUT2D eigenvalue weighted by atomic mass is 9.86. The first kappa shape index (κ1) is 12.0. The van der Waals surface area contributed by atoms with Gasteiger partial charge in [0.05, 0.1) is 14.2 Å². The third-order valence-electron chi connectivity index (χ3n) is 3.58. The molecule has 2 rings (SSSR count). The third-order valence-corrected chi connectivity index (χ3v) is 3.58. The normalized spacial score (nSPS) is 20.8. The minimum atomic E-state index is -0.0280. The second kappa shape index (κ2) is 4.06. The molecule has 1 aromatic rings. The van der Waals surface area contributed by atoms with Crippen LogP contribution in [0.3, 0.4) is 0 Å². The highest BCUT2D eigenvalue weighted by Crippen LogP contribution is 2.48. The van der Waals surface area contributed by atoms with Crippen molar-refractivity contribution < 1.29 is 14.3 Å². The van der Waals surface area contributed by atoms with E-state index in [1.807, 2.05) is 12.1 Å². The van der Waals surface area contributed by atoms with Crippen LogP contribution in [0, 0.1) is 0 Å². The second-order valence-corrected chi connectivity index (χ2v) is 5.13. The number of methoxy groups -OCH3 is 2. The van der Waals surface area contributed by atoms with Gasteiger partial charge in [-0.1, -0.05) is 13.8 Å². The lowest BCUT2D eigenvalue weighted by Crippen LogP contribution is -2.12. The number of carbonyl (C=O) groups is 1. The van der Waals surface area contributed by atoms with E-state index in [1.54, 1.807) is 14.2 Å².